The number of rotatable bonds is 4. The van der Waals surface area contributed by atoms with Crippen molar-refractivity contribution >= 4 is 22.6 Å². The molecule has 0 aliphatic rings. The molecule has 0 atom stereocenters. The molecule has 0 saturated carbocycles. The van der Waals surface area contributed by atoms with Crippen molar-refractivity contribution in [2.24, 2.45) is 0 Å². The monoisotopic (exact) mass is 289 g/mol. The van der Waals surface area contributed by atoms with Gasteiger partial charge in [0.15, 0.2) is 5.78 Å². The van der Waals surface area contributed by atoms with Crippen LogP contribution < -0.4 is 4.74 Å². The fourth-order valence-electron chi connectivity index (χ4n) is 2.39. The fraction of sp³-hybridized carbons (Fsp3) is 0.0526. The molecule has 3 rings (SSSR count). The van der Waals surface area contributed by atoms with Crippen LogP contribution in [0.4, 0.5) is 0 Å². The number of benzene rings is 2. The summed E-state index contributed by atoms with van der Waals surface area (Å²) in [6.07, 6.45) is 6.57. The summed E-state index contributed by atoms with van der Waals surface area (Å²) in [5.74, 6) is 0.664. The number of ether oxygens (including phenoxy) is 1. The molecule has 108 valence electrons. The summed E-state index contributed by atoms with van der Waals surface area (Å²) in [5, 5.41) is 2.16. The van der Waals surface area contributed by atoms with Crippen molar-refractivity contribution in [1.82, 2.24) is 4.98 Å². The summed E-state index contributed by atoms with van der Waals surface area (Å²) in [7, 11) is 1.63. The summed E-state index contributed by atoms with van der Waals surface area (Å²) >= 11 is 0. The second kappa shape index (κ2) is 6.22. The second-order valence-corrected chi connectivity index (χ2v) is 4.84. The lowest BCUT2D eigenvalue weighted by Crippen LogP contribution is -1.95. The van der Waals surface area contributed by atoms with Gasteiger partial charge in [0.1, 0.15) is 5.75 Å². The highest BCUT2D eigenvalue weighted by Crippen LogP contribution is 2.29. The SMILES string of the molecule is COc1ccc2ccccc2c1/C=C/C(=O)c1cccnc1. The van der Waals surface area contributed by atoms with Gasteiger partial charge in [-0.3, -0.25) is 9.78 Å². The zero-order valence-corrected chi connectivity index (χ0v) is 12.2. The van der Waals surface area contributed by atoms with E-state index in [1.54, 1.807) is 43.8 Å². The Morgan fingerprint density at radius 2 is 1.95 bits per heavy atom. The van der Waals surface area contributed by atoms with E-state index in [1.807, 2.05) is 36.4 Å². The summed E-state index contributed by atoms with van der Waals surface area (Å²) in [4.78, 5) is 16.2. The quantitative estimate of drug-likeness (QED) is 0.535. The number of nitrogens with zero attached hydrogens (tertiary/aromatic N) is 1. The van der Waals surface area contributed by atoms with Crippen LogP contribution in [0.25, 0.3) is 16.8 Å². The highest BCUT2D eigenvalue weighted by Gasteiger charge is 2.06. The highest BCUT2D eigenvalue weighted by molar-refractivity contribution is 6.08. The molecule has 0 amide bonds. The Kier molecular flexibility index (Phi) is 3.97. The molecule has 3 aromatic rings. The van der Waals surface area contributed by atoms with Crippen molar-refractivity contribution in [3.63, 3.8) is 0 Å². The van der Waals surface area contributed by atoms with E-state index >= 15 is 0 Å². The van der Waals surface area contributed by atoms with Gasteiger partial charge in [-0.1, -0.05) is 30.3 Å². The zero-order valence-electron chi connectivity index (χ0n) is 12.2. The first-order valence-electron chi connectivity index (χ1n) is 6.98. The molecule has 0 aliphatic heterocycles. The minimum absolute atomic E-state index is 0.0805. The molecule has 0 spiro atoms. The van der Waals surface area contributed by atoms with E-state index in [0.717, 1.165) is 22.1 Å². The van der Waals surface area contributed by atoms with Crippen LogP contribution in [-0.2, 0) is 0 Å². The molecule has 0 unspecified atom stereocenters. The maximum atomic E-state index is 12.2. The smallest absolute Gasteiger partial charge is 0.187 e. The van der Waals surface area contributed by atoms with Crippen LogP contribution in [0.3, 0.4) is 0 Å². The van der Waals surface area contributed by atoms with Crippen LogP contribution in [0.5, 0.6) is 5.75 Å². The predicted molar refractivity (Wildman–Crippen MR) is 88.1 cm³/mol. The molecule has 0 bridgehead atoms. The molecule has 0 saturated heterocycles. The molecule has 0 radical (unpaired) electrons. The van der Waals surface area contributed by atoms with Gasteiger partial charge in [0.2, 0.25) is 0 Å². The fourth-order valence-corrected chi connectivity index (χ4v) is 2.39. The van der Waals surface area contributed by atoms with Gasteiger partial charge < -0.3 is 4.74 Å². The lowest BCUT2D eigenvalue weighted by Gasteiger charge is -2.08. The molecular weight excluding hydrogens is 274 g/mol. The van der Waals surface area contributed by atoms with Crippen molar-refractivity contribution in [2.75, 3.05) is 7.11 Å². The number of pyridine rings is 1. The third kappa shape index (κ3) is 2.74. The Hall–Kier alpha value is -2.94. The molecule has 3 heteroatoms. The first kappa shape index (κ1) is 14.0. The van der Waals surface area contributed by atoms with Gasteiger partial charge in [0, 0.05) is 23.5 Å². The van der Waals surface area contributed by atoms with Crippen molar-refractivity contribution in [3.8, 4) is 5.75 Å². The molecule has 2 aromatic carbocycles. The third-order valence-electron chi connectivity index (χ3n) is 3.50. The number of aromatic nitrogens is 1. The summed E-state index contributed by atoms with van der Waals surface area (Å²) in [6.45, 7) is 0. The van der Waals surface area contributed by atoms with Crippen LogP contribution in [-0.4, -0.2) is 17.9 Å². The van der Waals surface area contributed by atoms with E-state index in [2.05, 4.69) is 4.98 Å². The Bertz CT molecular complexity index is 838. The Balaban J connectivity index is 2.02. The molecule has 0 N–H and O–H groups in total. The normalized spacial score (nSPS) is 11.0. The molecule has 1 aromatic heterocycles. The number of ketones is 1. The Labute approximate surface area is 128 Å². The van der Waals surface area contributed by atoms with Crippen molar-refractivity contribution in [2.45, 2.75) is 0 Å². The van der Waals surface area contributed by atoms with E-state index < -0.39 is 0 Å². The number of carbonyl (C=O) groups is 1. The minimum Gasteiger partial charge on any atom is -0.496 e. The second-order valence-electron chi connectivity index (χ2n) is 4.84. The number of carbonyl (C=O) groups excluding carboxylic acids is 1. The standard InChI is InChI=1S/C19H15NO2/c1-22-19-11-8-14-5-2-3-7-16(14)17(19)9-10-18(21)15-6-4-12-20-13-15/h2-13H,1H3/b10-9+. The largest absolute Gasteiger partial charge is 0.496 e. The Morgan fingerprint density at radius 3 is 2.73 bits per heavy atom. The van der Waals surface area contributed by atoms with Gasteiger partial charge >= 0.3 is 0 Å². The Morgan fingerprint density at radius 1 is 1.09 bits per heavy atom. The van der Waals surface area contributed by atoms with Gasteiger partial charge in [-0.15, -0.1) is 0 Å². The van der Waals surface area contributed by atoms with Gasteiger partial charge in [-0.05, 0) is 41.1 Å². The molecule has 22 heavy (non-hydrogen) atoms. The van der Waals surface area contributed by atoms with Gasteiger partial charge in [0.05, 0.1) is 7.11 Å². The highest BCUT2D eigenvalue weighted by atomic mass is 16.5. The van der Waals surface area contributed by atoms with Gasteiger partial charge in [-0.25, -0.2) is 0 Å². The molecule has 1 heterocycles. The van der Waals surface area contributed by atoms with E-state index in [0.29, 0.717) is 5.56 Å². The molecule has 3 nitrogen and oxygen atoms in total. The number of hydrogen-bond acceptors (Lipinski definition) is 3. The maximum Gasteiger partial charge on any atom is 0.187 e. The molecule has 0 fully saturated rings. The van der Waals surface area contributed by atoms with Gasteiger partial charge in [-0.2, -0.15) is 0 Å². The summed E-state index contributed by atoms with van der Waals surface area (Å²) in [5.41, 5.74) is 1.47. The number of hydrogen-bond donors (Lipinski definition) is 0. The lowest BCUT2D eigenvalue weighted by molar-refractivity contribution is 0.104. The third-order valence-corrected chi connectivity index (χ3v) is 3.50. The first-order chi connectivity index (χ1) is 10.8. The van der Waals surface area contributed by atoms with Crippen LogP contribution >= 0.6 is 0 Å². The minimum atomic E-state index is -0.0805. The number of fused-ring (bicyclic) bond motifs is 1. The van der Waals surface area contributed by atoms with E-state index in [1.165, 1.54) is 0 Å². The van der Waals surface area contributed by atoms with Crippen molar-refractivity contribution < 1.29 is 9.53 Å². The van der Waals surface area contributed by atoms with E-state index in [4.69, 9.17) is 4.74 Å². The van der Waals surface area contributed by atoms with Crippen LogP contribution in [0.2, 0.25) is 0 Å². The van der Waals surface area contributed by atoms with Crippen LogP contribution in [0.15, 0.2) is 67.0 Å². The topological polar surface area (TPSA) is 39.2 Å². The summed E-state index contributed by atoms with van der Waals surface area (Å²) < 4.78 is 5.42. The van der Waals surface area contributed by atoms with Gasteiger partial charge in [0.25, 0.3) is 0 Å². The van der Waals surface area contributed by atoms with Crippen molar-refractivity contribution in [3.05, 3.63) is 78.1 Å². The van der Waals surface area contributed by atoms with Crippen LogP contribution in [0.1, 0.15) is 15.9 Å². The average Bonchev–Trinajstić information content (AvgIpc) is 2.60. The predicted octanol–water partition coefficient (Wildman–Crippen LogP) is 4.14. The van der Waals surface area contributed by atoms with E-state index in [-0.39, 0.29) is 5.78 Å². The zero-order chi connectivity index (χ0) is 15.4. The average molecular weight is 289 g/mol. The summed E-state index contributed by atoms with van der Waals surface area (Å²) in [6, 6.07) is 15.4. The van der Waals surface area contributed by atoms with Crippen molar-refractivity contribution in [1.29, 1.82) is 0 Å². The number of allylic oxidation sites excluding steroid dienone is 1. The van der Waals surface area contributed by atoms with Crippen LogP contribution in [0, 0.1) is 0 Å². The van der Waals surface area contributed by atoms with E-state index in [9.17, 15) is 4.79 Å². The lowest BCUT2D eigenvalue weighted by atomic mass is 10.0. The first-order valence-corrected chi connectivity index (χ1v) is 6.98. The maximum absolute atomic E-state index is 12.2. The number of methoxy groups -OCH3 is 1. The molecule has 0 aliphatic carbocycles. The molecular formula is C19H15NO2.